The highest BCUT2D eigenvalue weighted by atomic mass is 32.2. The van der Waals surface area contributed by atoms with Crippen LogP contribution in [0.1, 0.15) is 53.9 Å². The fourth-order valence-electron chi connectivity index (χ4n) is 6.51. The topological polar surface area (TPSA) is 154 Å². The van der Waals surface area contributed by atoms with Crippen molar-refractivity contribution >= 4 is 17.1 Å². The van der Waals surface area contributed by atoms with Gasteiger partial charge in [-0.1, -0.05) is 26.8 Å². The summed E-state index contributed by atoms with van der Waals surface area (Å²) in [6.07, 6.45) is -2.14. The summed E-state index contributed by atoms with van der Waals surface area (Å²) in [6, 6.07) is 0. The summed E-state index contributed by atoms with van der Waals surface area (Å²) in [5, 5.41) is 45.9. The molecular weight excluding hydrogens is 416 g/mol. The summed E-state index contributed by atoms with van der Waals surface area (Å²) in [4.78, 5) is 13.6. The van der Waals surface area contributed by atoms with Gasteiger partial charge in [-0.3, -0.25) is 9.35 Å². The van der Waals surface area contributed by atoms with Gasteiger partial charge in [0, 0.05) is 18.8 Å². The van der Waals surface area contributed by atoms with Crippen molar-refractivity contribution in [1.82, 2.24) is 0 Å². The largest absolute Gasteiger partial charge is 0.390 e. The van der Waals surface area contributed by atoms with E-state index in [2.05, 4.69) is 6.58 Å². The van der Waals surface area contributed by atoms with Crippen LogP contribution >= 0.6 is 0 Å². The Hall–Kier alpha value is -0.720. The third-order valence-corrected chi connectivity index (χ3v) is 8.50. The molecule has 1 aliphatic heterocycles. The quantitative estimate of drug-likeness (QED) is 0.235. The molecular formula is C20H32O9S. The van der Waals surface area contributed by atoms with Gasteiger partial charge in [0.05, 0.1) is 17.1 Å². The summed E-state index contributed by atoms with van der Waals surface area (Å²) in [5.74, 6) is -4.30. The fraction of sp³-hybridized carbons (Fsp3) is 0.850. The van der Waals surface area contributed by atoms with E-state index in [1.54, 1.807) is 20.8 Å². The maximum atomic E-state index is 13.6. The van der Waals surface area contributed by atoms with E-state index in [9.17, 15) is 34.0 Å². The average Bonchev–Trinajstić information content (AvgIpc) is 2.61. The van der Waals surface area contributed by atoms with E-state index in [-0.39, 0.29) is 19.3 Å². The van der Waals surface area contributed by atoms with E-state index >= 15 is 0 Å². The molecule has 3 fully saturated rings. The zero-order chi connectivity index (χ0) is 23.1. The van der Waals surface area contributed by atoms with Crippen LogP contribution in [0.5, 0.6) is 0 Å². The molecule has 0 amide bonds. The lowest BCUT2D eigenvalue weighted by molar-refractivity contribution is -0.411. The van der Waals surface area contributed by atoms with Gasteiger partial charge in [0.1, 0.15) is 11.7 Å². The number of carbonyl (C=O) groups excluding carboxylic acids is 1. The van der Waals surface area contributed by atoms with Crippen LogP contribution < -0.4 is 0 Å². The third kappa shape index (κ3) is 2.65. The smallest absolute Gasteiger partial charge is 0.304 e. The lowest BCUT2D eigenvalue weighted by atomic mass is 9.39. The summed E-state index contributed by atoms with van der Waals surface area (Å²) >= 11 is -2.93. The summed E-state index contributed by atoms with van der Waals surface area (Å²) < 4.78 is 32.1. The molecule has 30 heavy (non-hydrogen) atoms. The molecule has 0 aromatic carbocycles. The summed E-state index contributed by atoms with van der Waals surface area (Å²) in [5.41, 5.74) is -8.66. The second-order valence-corrected chi connectivity index (χ2v) is 10.8. The zero-order valence-corrected chi connectivity index (χ0v) is 18.7. The molecule has 0 spiro atoms. The fourth-order valence-corrected chi connectivity index (χ4v) is 7.00. The maximum Gasteiger partial charge on any atom is 0.304 e. The summed E-state index contributed by atoms with van der Waals surface area (Å²) in [7, 11) is 0. The molecule has 0 aromatic heterocycles. The van der Waals surface area contributed by atoms with Gasteiger partial charge < -0.3 is 25.2 Å². The molecule has 3 rings (SSSR count). The molecule has 0 aromatic rings. The number of rotatable bonds is 3. The highest BCUT2D eigenvalue weighted by Gasteiger charge is 2.84. The van der Waals surface area contributed by atoms with E-state index < -0.39 is 68.7 Å². The van der Waals surface area contributed by atoms with E-state index in [4.69, 9.17) is 8.92 Å². The second kappa shape index (κ2) is 6.64. The lowest BCUT2D eigenvalue weighted by Crippen LogP contribution is -2.88. The van der Waals surface area contributed by atoms with Crippen molar-refractivity contribution in [2.45, 2.75) is 88.7 Å². The van der Waals surface area contributed by atoms with Crippen molar-refractivity contribution in [2.75, 3.05) is 0 Å². The molecule has 9 nitrogen and oxygen atoms in total. The van der Waals surface area contributed by atoms with Crippen molar-refractivity contribution in [1.29, 1.82) is 0 Å². The summed E-state index contributed by atoms with van der Waals surface area (Å²) in [6.45, 7) is 11.4. The molecule has 10 heteroatoms. The van der Waals surface area contributed by atoms with E-state index in [0.29, 0.717) is 0 Å². The Kier molecular flexibility index (Phi) is 5.30. The minimum Gasteiger partial charge on any atom is -0.390 e. The van der Waals surface area contributed by atoms with Gasteiger partial charge in [-0.05, 0) is 25.7 Å². The first-order valence-corrected chi connectivity index (χ1v) is 11.0. The van der Waals surface area contributed by atoms with Crippen molar-refractivity contribution in [2.24, 2.45) is 16.7 Å². The van der Waals surface area contributed by atoms with Gasteiger partial charge in [0.2, 0.25) is 0 Å². The molecule has 1 unspecified atom stereocenters. The molecule has 9 atom stereocenters. The average molecular weight is 449 g/mol. The molecule has 3 aliphatic rings. The van der Waals surface area contributed by atoms with Gasteiger partial charge in [-0.25, -0.2) is 4.18 Å². The van der Waals surface area contributed by atoms with E-state index in [1.165, 1.54) is 19.9 Å². The number of aliphatic hydroxyl groups excluding tert-OH is 2. The molecule has 172 valence electrons. The minimum absolute atomic E-state index is 0.188. The SMILES string of the molecule is C=C[C@@]1(C)CC(=O)[C@]2(O)[C@]3(C)[C@@H]([C@H](O)[C@H](O)[C@@]2(C)O1)C(C)(C)CC[C@@]3(O)OS(=O)O. The minimum atomic E-state index is -2.93. The number of hydrogen-bond acceptors (Lipinski definition) is 8. The first-order chi connectivity index (χ1) is 13.5. The zero-order valence-electron chi connectivity index (χ0n) is 17.9. The number of ketones is 1. The highest BCUT2D eigenvalue weighted by molar-refractivity contribution is 7.74. The standard InChI is InChI=1S/C20H32O9S/c1-7-16(4)10-11(21)20(25)17(5)13(12(22)14(23)18(20,6)28-16)15(2,3)8-9-19(17,24)29-30(26)27/h7,12-14,22-25H,1,8-10H2,2-6H3,(H,26,27)/t12-,13-,14-,16-,17+,18+,19+,20-/m0/s1. The van der Waals surface area contributed by atoms with Crippen LogP contribution in [0, 0.1) is 16.7 Å². The van der Waals surface area contributed by atoms with Crippen LogP contribution in [-0.2, 0) is 25.1 Å². The van der Waals surface area contributed by atoms with Crippen molar-refractivity contribution in [3.05, 3.63) is 12.7 Å². The number of hydrogen-bond donors (Lipinski definition) is 5. The number of Topliss-reactive ketones (excluding diaryl/α,β-unsaturated/α-hetero) is 1. The number of fused-ring (bicyclic) bond motifs is 3. The number of ether oxygens (including phenoxy) is 1. The van der Waals surface area contributed by atoms with Crippen LogP contribution in [0.3, 0.4) is 0 Å². The third-order valence-electron chi connectivity index (χ3n) is 8.08. The first-order valence-electron chi connectivity index (χ1n) is 9.94. The molecule has 1 saturated heterocycles. The molecule has 2 saturated carbocycles. The molecule has 0 bridgehead atoms. The Bertz CT molecular complexity index is 801. The predicted octanol–water partition coefficient (Wildman–Crippen LogP) is 0.430. The van der Waals surface area contributed by atoms with Crippen LogP contribution in [0.15, 0.2) is 12.7 Å². The maximum absolute atomic E-state index is 13.6. The number of aliphatic hydroxyl groups is 4. The van der Waals surface area contributed by atoms with Gasteiger partial charge in [0.25, 0.3) is 0 Å². The Labute approximate surface area is 178 Å². The van der Waals surface area contributed by atoms with Gasteiger partial charge in [0.15, 0.2) is 17.2 Å². The van der Waals surface area contributed by atoms with Crippen molar-refractivity contribution in [3.8, 4) is 0 Å². The monoisotopic (exact) mass is 448 g/mol. The van der Waals surface area contributed by atoms with Crippen LogP contribution in [0.25, 0.3) is 0 Å². The van der Waals surface area contributed by atoms with Crippen LogP contribution in [0.2, 0.25) is 0 Å². The van der Waals surface area contributed by atoms with Gasteiger partial charge >= 0.3 is 11.4 Å². The van der Waals surface area contributed by atoms with Gasteiger partial charge in [-0.2, -0.15) is 4.21 Å². The molecule has 5 N–H and O–H groups in total. The molecule has 2 aliphatic carbocycles. The Balaban J connectivity index is 2.36. The first kappa shape index (κ1) is 23.9. The van der Waals surface area contributed by atoms with Crippen LogP contribution in [-0.4, -0.2) is 69.8 Å². The Morgan fingerprint density at radius 3 is 2.23 bits per heavy atom. The van der Waals surface area contributed by atoms with Gasteiger partial charge in [-0.15, -0.1) is 6.58 Å². The Morgan fingerprint density at radius 2 is 1.73 bits per heavy atom. The highest BCUT2D eigenvalue weighted by Crippen LogP contribution is 2.69. The second-order valence-electron chi connectivity index (χ2n) is 10.2. The molecule has 1 heterocycles. The van der Waals surface area contributed by atoms with E-state index in [0.717, 1.165) is 0 Å². The lowest BCUT2D eigenvalue weighted by Gasteiger charge is -2.72. The van der Waals surface area contributed by atoms with Crippen molar-refractivity contribution in [3.63, 3.8) is 0 Å². The normalized spacial score (nSPS) is 54.1. The molecule has 0 radical (unpaired) electrons. The predicted molar refractivity (Wildman–Crippen MR) is 106 cm³/mol. The van der Waals surface area contributed by atoms with Crippen LogP contribution in [0.4, 0.5) is 0 Å². The Morgan fingerprint density at radius 1 is 1.17 bits per heavy atom. The number of carbonyl (C=O) groups is 1. The van der Waals surface area contributed by atoms with Crippen molar-refractivity contribution < 1.29 is 42.9 Å². The van der Waals surface area contributed by atoms with E-state index in [1.807, 2.05) is 0 Å².